The number of hydrogen-bond donors (Lipinski definition) is 4. The summed E-state index contributed by atoms with van der Waals surface area (Å²) < 4.78 is 28.3. The number of methoxy groups -OCH3 is 1. The van der Waals surface area contributed by atoms with Gasteiger partial charge in [0.2, 0.25) is 0 Å². The highest BCUT2D eigenvalue weighted by Crippen LogP contribution is 2.31. The molecular formula is C19H24N2O7S. The number of carbonyl (C=O) groups is 2. The number of nitrogens with one attached hydrogen (secondary N) is 2. The number of amides is 2. The maximum atomic E-state index is 12.5. The molecule has 0 saturated carbocycles. The molecule has 0 bridgehead atoms. The normalized spacial score (nSPS) is 16.5. The second-order valence-corrected chi connectivity index (χ2v) is 8.10. The topological polar surface area (TPSA) is 142 Å². The quantitative estimate of drug-likeness (QED) is 0.211. The number of aliphatic hydroxyl groups excluding tert-OH is 1. The van der Waals surface area contributed by atoms with Crippen LogP contribution >= 0.6 is 0 Å². The highest BCUT2D eigenvalue weighted by Gasteiger charge is 2.57. The van der Waals surface area contributed by atoms with Gasteiger partial charge in [-0.3, -0.25) is 14.8 Å². The fourth-order valence-electron chi connectivity index (χ4n) is 2.74. The van der Waals surface area contributed by atoms with E-state index in [2.05, 4.69) is 30.3 Å². The van der Waals surface area contributed by atoms with E-state index in [1.165, 1.54) is 24.7 Å². The number of hydrogen-bond acceptors (Lipinski definition) is 7. The van der Waals surface area contributed by atoms with Crippen LogP contribution in [0.15, 0.2) is 37.4 Å². The Balaban J connectivity index is 0.00000204. The standard InChI is InChI=1S/C17H20N2O7S.C2H4/c1-26-17(10-27(24,25)11-17)14(16(22)19-23)18-15(21)13-7-5-12(6-8-13)4-2-3-9-20;1-2/h5-8,14,20,23H,3,9-11H2,1H3,(H,18,21)(H,19,22);1-2H2. The summed E-state index contributed by atoms with van der Waals surface area (Å²) in [7, 11) is -2.14. The van der Waals surface area contributed by atoms with Crippen molar-refractivity contribution in [3.63, 3.8) is 0 Å². The molecule has 0 radical (unpaired) electrons. The molecule has 1 aromatic carbocycles. The fourth-order valence-corrected chi connectivity index (χ4v) is 4.72. The summed E-state index contributed by atoms with van der Waals surface area (Å²) in [5, 5.41) is 20.1. The summed E-state index contributed by atoms with van der Waals surface area (Å²) in [5.41, 5.74) is 0.837. The monoisotopic (exact) mass is 424 g/mol. The largest absolute Gasteiger partial charge is 0.395 e. The molecule has 1 aliphatic rings. The van der Waals surface area contributed by atoms with Gasteiger partial charge in [-0.1, -0.05) is 11.8 Å². The van der Waals surface area contributed by atoms with Crippen LogP contribution in [0.2, 0.25) is 0 Å². The zero-order valence-corrected chi connectivity index (χ0v) is 16.8. The van der Waals surface area contributed by atoms with Crippen LogP contribution in [0.4, 0.5) is 0 Å². The summed E-state index contributed by atoms with van der Waals surface area (Å²) in [5.74, 6) is 3.05. The molecule has 1 aliphatic heterocycles. The number of benzene rings is 1. The van der Waals surface area contributed by atoms with Gasteiger partial charge in [-0.2, -0.15) is 0 Å². The van der Waals surface area contributed by atoms with Crippen molar-refractivity contribution >= 4 is 21.7 Å². The van der Waals surface area contributed by atoms with E-state index in [0.29, 0.717) is 12.0 Å². The molecule has 1 aromatic rings. The molecule has 158 valence electrons. The van der Waals surface area contributed by atoms with Gasteiger partial charge in [0.15, 0.2) is 9.84 Å². The lowest BCUT2D eigenvalue weighted by molar-refractivity contribution is -0.138. The van der Waals surface area contributed by atoms with Crippen LogP contribution in [0.5, 0.6) is 0 Å². The van der Waals surface area contributed by atoms with Crippen molar-refractivity contribution in [3.8, 4) is 11.8 Å². The van der Waals surface area contributed by atoms with Gasteiger partial charge < -0.3 is 15.2 Å². The first kappa shape index (κ1) is 24.3. The molecule has 1 unspecified atom stereocenters. The first-order valence-corrected chi connectivity index (χ1v) is 10.3. The highest BCUT2D eigenvalue weighted by atomic mass is 32.2. The summed E-state index contributed by atoms with van der Waals surface area (Å²) in [4.78, 5) is 24.5. The SMILES string of the molecule is C=C.COC1(C(NC(=O)c2ccc(C#CCCO)cc2)C(=O)NO)CS(=O)(=O)C1. The average Bonchev–Trinajstić information content (AvgIpc) is 2.71. The highest BCUT2D eigenvalue weighted by molar-refractivity contribution is 7.93. The van der Waals surface area contributed by atoms with Crippen LogP contribution in [0.25, 0.3) is 0 Å². The minimum absolute atomic E-state index is 0.0429. The third-order valence-corrected chi connectivity index (χ3v) is 5.98. The minimum Gasteiger partial charge on any atom is -0.395 e. The van der Waals surface area contributed by atoms with Gasteiger partial charge in [0.25, 0.3) is 11.8 Å². The number of rotatable bonds is 6. The van der Waals surface area contributed by atoms with Crippen molar-refractivity contribution < 1.29 is 33.1 Å². The van der Waals surface area contributed by atoms with Crippen molar-refractivity contribution in [3.05, 3.63) is 48.6 Å². The number of sulfone groups is 1. The van der Waals surface area contributed by atoms with Gasteiger partial charge in [-0.05, 0) is 24.3 Å². The smallest absolute Gasteiger partial charge is 0.268 e. The molecule has 2 rings (SSSR count). The van der Waals surface area contributed by atoms with Crippen molar-refractivity contribution in [1.29, 1.82) is 0 Å². The molecule has 2 amide bonds. The molecule has 1 heterocycles. The van der Waals surface area contributed by atoms with Crippen LogP contribution in [0.3, 0.4) is 0 Å². The molecule has 29 heavy (non-hydrogen) atoms. The molecule has 1 atom stereocenters. The maximum Gasteiger partial charge on any atom is 0.268 e. The van der Waals surface area contributed by atoms with Crippen molar-refractivity contribution in [2.45, 2.75) is 18.1 Å². The van der Waals surface area contributed by atoms with E-state index in [0.717, 1.165) is 0 Å². The lowest BCUT2D eigenvalue weighted by atomic mass is 9.95. The van der Waals surface area contributed by atoms with E-state index in [9.17, 15) is 18.0 Å². The molecule has 10 heteroatoms. The van der Waals surface area contributed by atoms with Crippen LogP contribution in [0, 0.1) is 11.8 Å². The number of carbonyl (C=O) groups excluding carboxylic acids is 2. The summed E-state index contributed by atoms with van der Waals surface area (Å²) in [6, 6.07) is 4.78. The van der Waals surface area contributed by atoms with Crippen LogP contribution in [0.1, 0.15) is 22.3 Å². The molecular weight excluding hydrogens is 400 g/mol. The maximum absolute atomic E-state index is 12.5. The van der Waals surface area contributed by atoms with E-state index in [4.69, 9.17) is 15.1 Å². The van der Waals surface area contributed by atoms with Gasteiger partial charge in [0.1, 0.15) is 11.6 Å². The molecule has 1 fully saturated rings. The zero-order chi connectivity index (χ0) is 22.1. The number of ether oxygens (including phenoxy) is 1. The Labute approximate surface area is 169 Å². The van der Waals surface area contributed by atoms with Gasteiger partial charge in [0.05, 0.1) is 18.1 Å². The minimum atomic E-state index is -3.38. The Morgan fingerprint density at radius 3 is 2.31 bits per heavy atom. The average molecular weight is 424 g/mol. The lowest BCUT2D eigenvalue weighted by Gasteiger charge is -2.44. The third-order valence-electron chi connectivity index (χ3n) is 4.13. The first-order chi connectivity index (χ1) is 13.8. The van der Waals surface area contributed by atoms with Crippen molar-refractivity contribution in [1.82, 2.24) is 10.8 Å². The van der Waals surface area contributed by atoms with E-state index in [-0.39, 0.29) is 12.2 Å². The zero-order valence-electron chi connectivity index (χ0n) is 16.0. The lowest BCUT2D eigenvalue weighted by Crippen LogP contribution is -2.71. The number of aliphatic hydroxyl groups is 1. The molecule has 0 spiro atoms. The fraction of sp³-hybridized carbons (Fsp3) is 0.368. The van der Waals surface area contributed by atoms with Crippen LogP contribution in [-0.4, -0.2) is 67.4 Å². The van der Waals surface area contributed by atoms with E-state index < -0.39 is 44.8 Å². The Morgan fingerprint density at radius 1 is 1.28 bits per heavy atom. The Bertz CT molecular complexity index is 873. The Morgan fingerprint density at radius 2 is 1.86 bits per heavy atom. The second kappa shape index (κ2) is 10.7. The summed E-state index contributed by atoms with van der Waals surface area (Å²) in [6.45, 7) is 5.96. The van der Waals surface area contributed by atoms with Gasteiger partial charge in [0, 0.05) is 24.7 Å². The predicted molar refractivity (Wildman–Crippen MR) is 106 cm³/mol. The third kappa shape index (κ3) is 6.13. The molecule has 1 saturated heterocycles. The first-order valence-electron chi connectivity index (χ1n) is 8.47. The second-order valence-electron chi connectivity index (χ2n) is 6.04. The molecule has 0 aromatic heterocycles. The number of hydroxylamine groups is 1. The van der Waals surface area contributed by atoms with Gasteiger partial charge in [-0.25, -0.2) is 13.9 Å². The van der Waals surface area contributed by atoms with Gasteiger partial charge >= 0.3 is 0 Å². The summed E-state index contributed by atoms with van der Waals surface area (Å²) in [6.07, 6.45) is 0.336. The van der Waals surface area contributed by atoms with Crippen LogP contribution < -0.4 is 10.8 Å². The molecule has 0 aliphatic carbocycles. The summed E-state index contributed by atoms with van der Waals surface area (Å²) >= 11 is 0. The van der Waals surface area contributed by atoms with E-state index in [1.54, 1.807) is 12.1 Å². The van der Waals surface area contributed by atoms with E-state index in [1.807, 2.05) is 0 Å². The van der Waals surface area contributed by atoms with Crippen LogP contribution in [-0.2, 0) is 19.4 Å². The Hall–Kier alpha value is -2.71. The molecule has 9 nitrogen and oxygen atoms in total. The van der Waals surface area contributed by atoms with Crippen molar-refractivity contribution in [2.75, 3.05) is 25.2 Å². The Kier molecular flexibility index (Phi) is 9.00. The van der Waals surface area contributed by atoms with E-state index >= 15 is 0 Å². The van der Waals surface area contributed by atoms with Crippen molar-refractivity contribution in [2.24, 2.45) is 0 Å². The predicted octanol–water partition coefficient (Wildman–Crippen LogP) is -0.360. The molecule has 4 N–H and O–H groups in total. The van der Waals surface area contributed by atoms with Gasteiger partial charge in [-0.15, -0.1) is 13.2 Å².